The van der Waals surface area contributed by atoms with Gasteiger partial charge in [-0.3, -0.25) is 0 Å². The van der Waals surface area contributed by atoms with Gasteiger partial charge < -0.3 is 4.90 Å². The lowest BCUT2D eigenvalue weighted by atomic mass is 9.54. The Morgan fingerprint density at radius 1 is 1.07 bits per heavy atom. The lowest BCUT2D eigenvalue weighted by Gasteiger charge is -2.54. The minimum atomic E-state index is 0.778. The number of nitrogens with zero attached hydrogens (tertiary/aromatic N) is 1. The van der Waals surface area contributed by atoms with E-state index in [1.165, 1.54) is 38.8 Å². The van der Waals surface area contributed by atoms with Crippen molar-refractivity contribution in [1.82, 2.24) is 4.90 Å². The molecule has 1 heteroatoms. The van der Waals surface area contributed by atoms with E-state index in [1.807, 2.05) is 0 Å². The summed E-state index contributed by atoms with van der Waals surface area (Å²) in [5.74, 6) is 2.85. The maximum atomic E-state index is 2.49. The van der Waals surface area contributed by atoms with E-state index < -0.39 is 0 Å². The standard InChI is InChI=1S/C14H27N/c1-11(2)12(3)13-9-14(10-13)5-7-15(4)8-6-14/h11-13H,5-10H2,1-4H3. The van der Waals surface area contributed by atoms with Crippen molar-refractivity contribution in [3.05, 3.63) is 0 Å². The molecule has 0 aromatic heterocycles. The van der Waals surface area contributed by atoms with E-state index in [0.29, 0.717) is 0 Å². The van der Waals surface area contributed by atoms with Gasteiger partial charge in [-0.05, 0) is 69.0 Å². The molecular formula is C14H27N. The van der Waals surface area contributed by atoms with Crippen LogP contribution in [0.5, 0.6) is 0 Å². The molecule has 1 saturated carbocycles. The molecule has 0 radical (unpaired) electrons. The van der Waals surface area contributed by atoms with Crippen LogP contribution in [0, 0.1) is 23.2 Å². The van der Waals surface area contributed by atoms with Crippen molar-refractivity contribution in [2.75, 3.05) is 20.1 Å². The van der Waals surface area contributed by atoms with Gasteiger partial charge >= 0.3 is 0 Å². The highest BCUT2D eigenvalue weighted by atomic mass is 15.1. The molecule has 2 fully saturated rings. The summed E-state index contributed by atoms with van der Waals surface area (Å²) in [6.45, 7) is 9.89. The summed E-state index contributed by atoms with van der Waals surface area (Å²) in [4.78, 5) is 2.49. The molecule has 1 atom stereocenters. The summed E-state index contributed by atoms with van der Waals surface area (Å²) in [7, 11) is 2.26. The first-order valence-corrected chi connectivity index (χ1v) is 6.71. The van der Waals surface area contributed by atoms with Crippen molar-refractivity contribution < 1.29 is 0 Å². The fourth-order valence-electron chi connectivity index (χ4n) is 3.47. The van der Waals surface area contributed by atoms with E-state index in [2.05, 4.69) is 32.7 Å². The highest BCUT2D eigenvalue weighted by Crippen LogP contribution is 2.55. The average molecular weight is 209 g/mol. The topological polar surface area (TPSA) is 3.24 Å². The lowest BCUT2D eigenvalue weighted by molar-refractivity contribution is -0.0372. The molecular weight excluding hydrogens is 182 g/mol. The highest BCUT2D eigenvalue weighted by molar-refractivity contribution is 4.98. The van der Waals surface area contributed by atoms with Gasteiger partial charge in [0, 0.05) is 0 Å². The molecule has 0 aromatic carbocycles. The molecule has 1 nitrogen and oxygen atoms in total. The Morgan fingerprint density at radius 2 is 1.60 bits per heavy atom. The van der Waals surface area contributed by atoms with Gasteiger partial charge in [0.1, 0.15) is 0 Å². The zero-order valence-corrected chi connectivity index (χ0v) is 10.9. The van der Waals surface area contributed by atoms with Crippen LogP contribution < -0.4 is 0 Å². The third kappa shape index (κ3) is 2.22. The molecule has 1 aliphatic carbocycles. The number of likely N-dealkylation sites (tertiary alicyclic amines) is 1. The van der Waals surface area contributed by atoms with Gasteiger partial charge in [0.25, 0.3) is 0 Å². The van der Waals surface area contributed by atoms with Crippen molar-refractivity contribution >= 4 is 0 Å². The summed E-state index contributed by atoms with van der Waals surface area (Å²) >= 11 is 0. The Balaban J connectivity index is 1.82. The minimum absolute atomic E-state index is 0.778. The largest absolute Gasteiger partial charge is 0.306 e. The molecule has 1 aliphatic heterocycles. The Morgan fingerprint density at radius 3 is 2.07 bits per heavy atom. The van der Waals surface area contributed by atoms with E-state index in [1.54, 1.807) is 0 Å². The van der Waals surface area contributed by atoms with E-state index in [4.69, 9.17) is 0 Å². The third-order valence-corrected chi connectivity index (χ3v) is 5.23. The van der Waals surface area contributed by atoms with Gasteiger partial charge in [-0.2, -0.15) is 0 Å². The van der Waals surface area contributed by atoms with Gasteiger partial charge in [0.15, 0.2) is 0 Å². The predicted octanol–water partition coefficient (Wildman–Crippen LogP) is 3.40. The molecule has 1 heterocycles. The summed E-state index contributed by atoms with van der Waals surface area (Å²) < 4.78 is 0. The molecule has 2 rings (SSSR count). The molecule has 1 unspecified atom stereocenters. The van der Waals surface area contributed by atoms with Crippen LogP contribution in [0.3, 0.4) is 0 Å². The van der Waals surface area contributed by atoms with Gasteiger partial charge in [0.05, 0.1) is 0 Å². The lowest BCUT2D eigenvalue weighted by Crippen LogP contribution is -2.48. The minimum Gasteiger partial charge on any atom is -0.306 e. The summed E-state index contributed by atoms with van der Waals surface area (Å²) in [5.41, 5.74) is 0.778. The Hall–Kier alpha value is -0.0400. The second kappa shape index (κ2) is 4.08. The fraction of sp³-hybridized carbons (Fsp3) is 1.00. The Kier molecular flexibility index (Phi) is 3.12. The van der Waals surface area contributed by atoms with Crippen molar-refractivity contribution in [3.63, 3.8) is 0 Å². The molecule has 88 valence electrons. The van der Waals surface area contributed by atoms with Crippen molar-refractivity contribution in [3.8, 4) is 0 Å². The number of rotatable bonds is 2. The van der Waals surface area contributed by atoms with Crippen molar-refractivity contribution in [2.24, 2.45) is 23.2 Å². The van der Waals surface area contributed by atoms with Crippen LogP contribution in [0.15, 0.2) is 0 Å². The molecule has 0 aromatic rings. The Labute approximate surface area is 95.2 Å². The normalized spacial score (nSPS) is 29.4. The molecule has 15 heavy (non-hydrogen) atoms. The van der Waals surface area contributed by atoms with E-state index in [9.17, 15) is 0 Å². The van der Waals surface area contributed by atoms with E-state index in [-0.39, 0.29) is 0 Å². The van der Waals surface area contributed by atoms with Crippen molar-refractivity contribution in [2.45, 2.75) is 46.5 Å². The van der Waals surface area contributed by atoms with Crippen LogP contribution >= 0.6 is 0 Å². The average Bonchev–Trinajstić information content (AvgIpc) is 2.15. The van der Waals surface area contributed by atoms with Crippen LogP contribution in [0.1, 0.15) is 46.5 Å². The van der Waals surface area contributed by atoms with Crippen LogP contribution in [0.25, 0.3) is 0 Å². The molecule has 0 bridgehead atoms. The second-order valence-electron chi connectivity index (χ2n) is 6.57. The van der Waals surface area contributed by atoms with Gasteiger partial charge in [-0.1, -0.05) is 20.8 Å². The molecule has 0 amide bonds. The third-order valence-electron chi connectivity index (χ3n) is 5.23. The van der Waals surface area contributed by atoms with Crippen LogP contribution in [0.4, 0.5) is 0 Å². The number of hydrogen-bond donors (Lipinski definition) is 0. The van der Waals surface area contributed by atoms with Crippen molar-refractivity contribution in [1.29, 1.82) is 0 Å². The molecule has 0 N–H and O–H groups in total. The van der Waals surface area contributed by atoms with E-state index >= 15 is 0 Å². The number of hydrogen-bond acceptors (Lipinski definition) is 1. The van der Waals surface area contributed by atoms with Crippen LogP contribution in [-0.2, 0) is 0 Å². The van der Waals surface area contributed by atoms with Gasteiger partial charge in [0.2, 0.25) is 0 Å². The smallest absolute Gasteiger partial charge is 0.00165 e. The molecule has 1 saturated heterocycles. The monoisotopic (exact) mass is 209 g/mol. The van der Waals surface area contributed by atoms with Crippen LogP contribution in [-0.4, -0.2) is 25.0 Å². The predicted molar refractivity (Wildman–Crippen MR) is 65.9 cm³/mol. The van der Waals surface area contributed by atoms with Gasteiger partial charge in [-0.15, -0.1) is 0 Å². The number of piperidine rings is 1. The van der Waals surface area contributed by atoms with E-state index in [0.717, 1.165) is 23.2 Å². The molecule has 2 aliphatic rings. The highest BCUT2D eigenvalue weighted by Gasteiger charge is 2.47. The summed E-state index contributed by atoms with van der Waals surface area (Å²) in [6, 6.07) is 0. The first kappa shape index (κ1) is 11.4. The maximum Gasteiger partial charge on any atom is -0.00165 e. The fourth-order valence-corrected chi connectivity index (χ4v) is 3.47. The summed E-state index contributed by atoms with van der Waals surface area (Å²) in [5, 5.41) is 0. The summed E-state index contributed by atoms with van der Waals surface area (Å²) in [6.07, 6.45) is 5.98. The zero-order valence-electron chi connectivity index (χ0n) is 10.9. The first-order valence-electron chi connectivity index (χ1n) is 6.71. The SMILES string of the molecule is CC(C)C(C)C1CC2(CCN(C)CC2)C1. The quantitative estimate of drug-likeness (QED) is 0.674. The van der Waals surface area contributed by atoms with Crippen LogP contribution in [0.2, 0.25) is 0 Å². The maximum absolute atomic E-state index is 2.49. The Bertz CT molecular complexity index is 205. The molecule has 1 spiro atoms. The van der Waals surface area contributed by atoms with Gasteiger partial charge in [-0.25, -0.2) is 0 Å². The first-order chi connectivity index (χ1) is 7.02. The zero-order chi connectivity index (χ0) is 11.1. The second-order valence-corrected chi connectivity index (χ2v) is 6.57.